The molecule has 30 heavy (non-hydrogen) atoms. The van der Waals surface area contributed by atoms with E-state index in [1.807, 2.05) is 52.8 Å². The number of anilines is 1. The lowest BCUT2D eigenvalue weighted by atomic mass is 10.1. The van der Waals surface area contributed by atoms with Crippen molar-refractivity contribution in [2.24, 2.45) is 0 Å². The van der Waals surface area contributed by atoms with Crippen molar-refractivity contribution in [3.8, 4) is 11.4 Å². The first-order valence-electron chi connectivity index (χ1n) is 10.2. The number of rotatable bonds is 6. The zero-order valence-corrected chi connectivity index (χ0v) is 18.4. The summed E-state index contributed by atoms with van der Waals surface area (Å²) in [6, 6.07) is 16.5. The van der Waals surface area contributed by atoms with E-state index in [4.69, 9.17) is 0 Å². The first-order chi connectivity index (χ1) is 14.5. The van der Waals surface area contributed by atoms with Gasteiger partial charge in [-0.1, -0.05) is 59.8 Å². The standard InChI is InChI=1S/C24H26N4OS/c1-5-13-27-22(20-11-8-9-16(2)14-20)25-26-24(27)30-18(4)23(29)28-17(3)15-19-10-6-7-12-21(19)28/h5-12,14,17-18H,1,13,15H2,2-4H3. The van der Waals surface area contributed by atoms with Crippen LogP contribution >= 0.6 is 11.8 Å². The molecule has 0 saturated carbocycles. The maximum Gasteiger partial charge on any atom is 0.240 e. The van der Waals surface area contributed by atoms with Crippen molar-refractivity contribution in [3.05, 3.63) is 72.3 Å². The van der Waals surface area contributed by atoms with Gasteiger partial charge in [-0.3, -0.25) is 9.36 Å². The second kappa shape index (κ2) is 8.48. The van der Waals surface area contributed by atoms with Gasteiger partial charge in [-0.15, -0.1) is 16.8 Å². The van der Waals surface area contributed by atoms with Crippen molar-refractivity contribution in [2.45, 2.75) is 50.2 Å². The van der Waals surface area contributed by atoms with E-state index < -0.39 is 0 Å². The predicted octanol–water partition coefficient (Wildman–Crippen LogP) is 4.90. The summed E-state index contributed by atoms with van der Waals surface area (Å²) in [5.74, 6) is 0.892. The van der Waals surface area contributed by atoms with Gasteiger partial charge in [0, 0.05) is 23.8 Å². The number of thioether (sulfide) groups is 1. The Morgan fingerprint density at radius 3 is 2.83 bits per heavy atom. The lowest BCUT2D eigenvalue weighted by Gasteiger charge is -2.25. The van der Waals surface area contributed by atoms with Gasteiger partial charge in [-0.25, -0.2) is 0 Å². The Morgan fingerprint density at radius 2 is 2.07 bits per heavy atom. The summed E-state index contributed by atoms with van der Waals surface area (Å²) in [5.41, 5.74) is 4.43. The number of aromatic nitrogens is 3. The molecule has 0 fully saturated rings. The number of hydrogen-bond acceptors (Lipinski definition) is 4. The van der Waals surface area contributed by atoms with Crippen LogP contribution in [0.3, 0.4) is 0 Å². The Morgan fingerprint density at radius 1 is 1.27 bits per heavy atom. The van der Waals surface area contributed by atoms with E-state index in [9.17, 15) is 4.79 Å². The van der Waals surface area contributed by atoms with E-state index >= 15 is 0 Å². The monoisotopic (exact) mass is 418 g/mol. The molecule has 5 nitrogen and oxygen atoms in total. The number of nitrogens with zero attached hydrogens (tertiary/aromatic N) is 4. The summed E-state index contributed by atoms with van der Waals surface area (Å²) in [7, 11) is 0. The third kappa shape index (κ3) is 3.79. The largest absolute Gasteiger partial charge is 0.308 e. The lowest BCUT2D eigenvalue weighted by molar-refractivity contribution is -0.118. The maximum absolute atomic E-state index is 13.3. The minimum atomic E-state index is -0.281. The van der Waals surface area contributed by atoms with E-state index in [0.717, 1.165) is 28.7 Å². The minimum absolute atomic E-state index is 0.0997. The van der Waals surface area contributed by atoms with Crippen LogP contribution in [0.15, 0.2) is 66.3 Å². The maximum atomic E-state index is 13.3. The van der Waals surface area contributed by atoms with Crippen molar-refractivity contribution < 1.29 is 4.79 Å². The van der Waals surface area contributed by atoms with Crippen LogP contribution in [0.5, 0.6) is 0 Å². The third-order valence-corrected chi connectivity index (χ3v) is 6.45. The summed E-state index contributed by atoms with van der Waals surface area (Å²) < 4.78 is 2.03. The number of benzene rings is 2. The summed E-state index contributed by atoms with van der Waals surface area (Å²) >= 11 is 1.45. The molecule has 2 heterocycles. The number of hydrogen-bond donors (Lipinski definition) is 0. The predicted molar refractivity (Wildman–Crippen MR) is 123 cm³/mol. The minimum Gasteiger partial charge on any atom is -0.308 e. The average molecular weight is 419 g/mol. The van der Waals surface area contributed by atoms with Crippen LogP contribution < -0.4 is 4.90 Å². The summed E-state index contributed by atoms with van der Waals surface area (Å²) in [6.07, 6.45) is 2.72. The molecule has 0 saturated heterocycles. The van der Waals surface area contributed by atoms with Gasteiger partial charge in [0.25, 0.3) is 0 Å². The van der Waals surface area contributed by atoms with Gasteiger partial charge >= 0.3 is 0 Å². The lowest BCUT2D eigenvalue weighted by Crippen LogP contribution is -2.40. The van der Waals surface area contributed by atoms with E-state index in [-0.39, 0.29) is 17.2 Å². The molecule has 1 aliphatic heterocycles. The first-order valence-corrected chi connectivity index (χ1v) is 11.1. The fraction of sp³-hybridized carbons (Fsp3) is 0.292. The molecule has 6 heteroatoms. The van der Waals surface area contributed by atoms with Crippen LogP contribution in [0.1, 0.15) is 25.0 Å². The van der Waals surface area contributed by atoms with Gasteiger partial charge in [0.05, 0.1) is 5.25 Å². The molecule has 1 aromatic heterocycles. The van der Waals surface area contributed by atoms with Gasteiger partial charge < -0.3 is 4.90 Å². The van der Waals surface area contributed by atoms with Gasteiger partial charge in [0.15, 0.2) is 11.0 Å². The molecule has 154 valence electrons. The van der Waals surface area contributed by atoms with Crippen molar-refractivity contribution in [3.63, 3.8) is 0 Å². The second-order valence-corrected chi connectivity index (χ2v) is 9.03. The van der Waals surface area contributed by atoms with Gasteiger partial charge in [-0.2, -0.15) is 0 Å². The fourth-order valence-corrected chi connectivity index (χ4v) is 4.88. The van der Waals surface area contributed by atoms with Crippen LogP contribution in [0, 0.1) is 6.92 Å². The molecule has 0 spiro atoms. The number of allylic oxidation sites excluding steroid dienone is 1. The second-order valence-electron chi connectivity index (χ2n) is 7.73. The Bertz CT molecular complexity index is 1090. The van der Waals surface area contributed by atoms with Gasteiger partial charge in [-0.05, 0) is 44.9 Å². The average Bonchev–Trinajstić information content (AvgIpc) is 3.27. The Labute approximate surface area is 181 Å². The zero-order valence-electron chi connectivity index (χ0n) is 17.6. The molecule has 2 aromatic carbocycles. The number of para-hydroxylation sites is 1. The molecule has 0 N–H and O–H groups in total. The van der Waals surface area contributed by atoms with Crippen LogP contribution in [0.2, 0.25) is 0 Å². The Hall–Kier alpha value is -2.86. The Balaban J connectivity index is 1.60. The van der Waals surface area contributed by atoms with Crippen LogP contribution in [-0.4, -0.2) is 32.0 Å². The number of carbonyl (C=O) groups excluding carboxylic acids is 1. The quantitative estimate of drug-likeness (QED) is 0.422. The van der Waals surface area contributed by atoms with Crippen molar-refractivity contribution in [1.82, 2.24) is 14.8 Å². The molecule has 3 aromatic rings. The number of fused-ring (bicyclic) bond motifs is 1. The molecule has 0 bridgehead atoms. The van der Waals surface area contributed by atoms with E-state index in [1.165, 1.54) is 22.9 Å². The van der Waals surface area contributed by atoms with E-state index in [0.29, 0.717) is 6.54 Å². The molecule has 2 unspecified atom stereocenters. The molecular formula is C24H26N4OS. The van der Waals surface area contributed by atoms with E-state index in [2.05, 4.69) is 48.8 Å². The molecule has 1 aliphatic rings. The van der Waals surface area contributed by atoms with Crippen molar-refractivity contribution >= 4 is 23.4 Å². The van der Waals surface area contributed by atoms with Crippen LogP contribution in [0.25, 0.3) is 11.4 Å². The highest BCUT2D eigenvalue weighted by Crippen LogP contribution is 2.35. The molecule has 0 radical (unpaired) electrons. The van der Waals surface area contributed by atoms with Crippen LogP contribution in [0.4, 0.5) is 5.69 Å². The van der Waals surface area contributed by atoms with Crippen LogP contribution in [-0.2, 0) is 17.8 Å². The first kappa shape index (κ1) is 20.4. The van der Waals surface area contributed by atoms with Gasteiger partial charge in [0.2, 0.25) is 5.91 Å². The summed E-state index contributed by atoms with van der Waals surface area (Å²) in [5, 5.41) is 9.29. The summed E-state index contributed by atoms with van der Waals surface area (Å²) in [6.45, 7) is 10.6. The van der Waals surface area contributed by atoms with Gasteiger partial charge in [0.1, 0.15) is 0 Å². The van der Waals surface area contributed by atoms with Crippen molar-refractivity contribution in [2.75, 3.05) is 4.90 Å². The SMILES string of the molecule is C=CCn1c(SC(C)C(=O)N2c3ccccc3CC2C)nnc1-c1cccc(C)c1. The highest BCUT2D eigenvalue weighted by atomic mass is 32.2. The summed E-state index contributed by atoms with van der Waals surface area (Å²) in [4.78, 5) is 15.3. The third-order valence-electron chi connectivity index (χ3n) is 5.38. The number of amides is 1. The fourth-order valence-electron chi connectivity index (χ4n) is 3.97. The Kier molecular flexibility index (Phi) is 5.77. The molecule has 4 rings (SSSR count). The topological polar surface area (TPSA) is 51.0 Å². The molecule has 0 aliphatic carbocycles. The number of aryl methyl sites for hydroxylation is 1. The number of carbonyl (C=O) groups is 1. The molecule has 2 atom stereocenters. The molecule has 1 amide bonds. The zero-order chi connectivity index (χ0) is 21.3. The molecular weight excluding hydrogens is 392 g/mol. The smallest absolute Gasteiger partial charge is 0.240 e. The normalized spacial score (nSPS) is 16.4. The van der Waals surface area contributed by atoms with E-state index in [1.54, 1.807) is 0 Å². The highest BCUT2D eigenvalue weighted by Gasteiger charge is 2.34. The highest BCUT2D eigenvalue weighted by molar-refractivity contribution is 8.00. The van der Waals surface area contributed by atoms with Crippen molar-refractivity contribution in [1.29, 1.82) is 0 Å².